The lowest BCUT2D eigenvalue weighted by Crippen LogP contribution is -2.29. The number of rotatable bonds is 2. The van der Waals surface area contributed by atoms with E-state index in [2.05, 4.69) is 10.6 Å². The number of nitrogens with one attached hydrogen (secondary N) is 2. The molecule has 2 N–H and O–H groups in total. The molecule has 24 heavy (non-hydrogen) atoms. The monoisotopic (exact) mass is 336 g/mol. The van der Waals surface area contributed by atoms with Crippen LogP contribution in [0.1, 0.15) is 16.7 Å². The van der Waals surface area contributed by atoms with Crippen molar-refractivity contribution in [3.63, 3.8) is 0 Å². The van der Waals surface area contributed by atoms with Crippen molar-refractivity contribution >= 4 is 23.2 Å². The second-order valence-electron chi connectivity index (χ2n) is 5.28. The van der Waals surface area contributed by atoms with Gasteiger partial charge in [0.05, 0.1) is 5.56 Å². The van der Waals surface area contributed by atoms with Gasteiger partial charge in [0.15, 0.2) is 0 Å². The Labute approximate surface area is 136 Å². The van der Waals surface area contributed by atoms with Gasteiger partial charge in [0, 0.05) is 11.4 Å². The number of aryl methyl sites for hydroxylation is 2. The first kappa shape index (κ1) is 17.5. The minimum atomic E-state index is -4.46. The molecule has 4 nitrogen and oxygen atoms in total. The molecular formula is C17H15F3N2O2. The Kier molecular flexibility index (Phi) is 4.92. The van der Waals surface area contributed by atoms with E-state index in [-0.39, 0.29) is 5.69 Å². The summed E-state index contributed by atoms with van der Waals surface area (Å²) in [5.41, 5.74) is 1.73. The van der Waals surface area contributed by atoms with E-state index >= 15 is 0 Å². The number of anilines is 2. The zero-order chi connectivity index (χ0) is 17.9. The average molecular weight is 336 g/mol. The molecule has 0 atom stereocenters. The molecular weight excluding hydrogens is 321 g/mol. The normalized spacial score (nSPS) is 11.0. The fourth-order valence-electron chi connectivity index (χ4n) is 1.94. The molecule has 0 saturated carbocycles. The zero-order valence-electron chi connectivity index (χ0n) is 13.0. The summed E-state index contributed by atoms with van der Waals surface area (Å²) < 4.78 is 37.4. The lowest BCUT2D eigenvalue weighted by molar-refractivity contribution is -0.137. The molecule has 7 heteroatoms. The van der Waals surface area contributed by atoms with Crippen LogP contribution >= 0.6 is 0 Å². The zero-order valence-corrected chi connectivity index (χ0v) is 13.0. The molecule has 0 aliphatic heterocycles. The fraction of sp³-hybridized carbons (Fsp3) is 0.176. The highest BCUT2D eigenvalue weighted by Crippen LogP contribution is 2.29. The Bertz CT molecular complexity index is 768. The molecule has 0 radical (unpaired) electrons. The molecule has 0 fully saturated rings. The molecule has 2 amide bonds. The van der Waals surface area contributed by atoms with Crippen molar-refractivity contribution in [1.29, 1.82) is 0 Å². The van der Waals surface area contributed by atoms with E-state index in [0.717, 1.165) is 35.4 Å². The van der Waals surface area contributed by atoms with Gasteiger partial charge in [-0.2, -0.15) is 13.2 Å². The molecule has 0 saturated heterocycles. The van der Waals surface area contributed by atoms with Crippen molar-refractivity contribution in [3.05, 3.63) is 59.2 Å². The summed E-state index contributed by atoms with van der Waals surface area (Å²) in [5.74, 6) is -1.87. The number of amides is 2. The van der Waals surface area contributed by atoms with E-state index in [0.29, 0.717) is 5.69 Å². The first-order chi connectivity index (χ1) is 11.2. The summed E-state index contributed by atoms with van der Waals surface area (Å²) in [6.45, 7) is 3.78. The van der Waals surface area contributed by atoms with Crippen LogP contribution in [0.5, 0.6) is 0 Å². The Morgan fingerprint density at radius 2 is 1.29 bits per heavy atom. The maximum absolute atomic E-state index is 12.5. The number of hydrogen-bond acceptors (Lipinski definition) is 2. The van der Waals surface area contributed by atoms with Crippen LogP contribution in [0, 0.1) is 13.8 Å². The lowest BCUT2D eigenvalue weighted by Gasteiger charge is -2.10. The summed E-state index contributed by atoms with van der Waals surface area (Å²) in [5, 5.41) is 4.68. The lowest BCUT2D eigenvalue weighted by atomic mass is 10.1. The largest absolute Gasteiger partial charge is 0.416 e. The second kappa shape index (κ2) is 6.74. The number of hydrogen-bond donors (Lipinski definition) is 2. The SMILES string of the molecule is Cc1ccc(NC(=O)C(=O)Nc2ccc(C(F)(F)F)cc2)cc1C. The Morgan fingerprint density at radius 1 is 0.792 bits per heavy atom. The third-order valence-electron chi connectivity index (χ3n) is 3.44. The minimum absolute atomic E-state index is 0.100. The summed E-state index contributed by atoms with van der Waals surface area (Å²) in [6, 6.07) is 9.02. The Balaban J connectivity index is 2.01. The van der Waals surface area contributed by atoms with Gasteiger partial charge in [0.25, 0.3) is 0 Å². The maximum Gasteiger partial charge on any atom is 0.416 e. The van der Waals surface area contributed by atoms with Crippen molar-refractivity contribution < 1.29 is 22.8 Å². The predicted octanol–water partition coefficient (Wildman–Crippen LogP) is 3.90. The van der Waals surface area contributed by atoms with Gasteiger partial charge in [-0.05, 0) is 61.4 Å². The van der Waals surface area contributed by atoms with Crippen molar-refractivity contribution in [3.8, 4) is 0 Å². The average Bonchev–Trinajstić information content (AvgIpc) is 2.50. The molecule has 0 heterocycles. The molecule has 0 unspecified atom stereocenters. The number of alkyl halides is 3. The maximum atomic E-state index is 12.5. The minimum Gasteiger partial charge on any atom is -0.318 e. The van der Waals surface area contributed by atoms with Gasteiger partial charge in [0.1, 0.15) is 0 Å². The molecule has 2 aromatic rings. The third kappa shape index (κ3) is 4.34. The second-order valence-corrected chi connectivity index (χ2v) is 5.28. The highest BCUT2D eigenvalue weighted by atomic mass is 19.4. The van der Waals surface area contributed by atoms with Crippen LogP contribution in [0.4, 0.5) is 24.5 Å². The van der Waals surface area contributed by atoms with E-state index < -0.39 is 23.6 Å². The summed E-state index contributed by atoms with van der Waals surface area (Å²) in [6.07, 6.45) is -4.46. The summed E-state index contributed by atoms with van der Waals surface area (Å²) in [4.78, 5) is 23.6. The molecule has 126 valence electrons. The molecule has 0 aliphatic rings. The van der Waals surface area contributed by atoms with E-state index in [1.54, 1.807) is 18.2 Å². The van der Waals surface area contributed by atoms with Gasteiger partial charge in [-0.3, -0.25) is 9.59 Å². The summed E-state index contributed by atoms with van der Waals surface area (Å²) >= 11 is 0. The Morgan fingerprint density at radius 3 is 1.79 bits per heavy atom. The molecule has 2 aromatic carbocycles. The van der Waals surface area contributed by atoms with Crippen molar-refractivity contribution in [2.24, 2.45) is 0 Å². The Hall–Kier alpha value is -2.83. The number of carbonyl (C=O) groups is 2. The van der Waals surface area contributed by atoms with E-state index in [4.69, 9.17) is 0 Å². The van der Waals surface area contributed by atoms with Gasteiger partial charge in [-0.15, -0.1) is 0 Å². The fourth-order valence-corrected chi connectivity index (χ4v) is 1.94. The first-order valence-corrected chi connectivity index (χ1v) is 7.03. The molecule has 2 rings (SSSR count). The van der Waals surface area contributed by atoms with Crippen molar-refractivity contribution in [1.82, 2.24) is 0 Å². The van der Waals surface area contributed by atoms with Gasteiger partial charge in [-0.25, -0.2) is 0 Å². The molecule has 0 spiro atoms. The standard InChI is InChI=1S/C17H15F3N2O2/c1-10-3-6-14(9-11(10)2)22-16(24)15(23)21-13-7-4-12(5-8-13)17(18,19)20/h3-9H,1-2H3,(H,21,23)(H,22,24). The van der Waals surface area contributed by atoms with Crippen LogP contribution in [-0.4, -0.2) is 11.8 Å². The van der Waals surface area contributed by atoms with Crippen LogP contribution < -0.4 is 10.6 Å². The summed E-state index contributed by atoms with van der Waals surface area (Å²) in [7, 11) is 0. The third-order valence-corrected chi connectivity index (χ3v) is 3.44. The molecule has 0 aromatic heterocycles. The van der Waals surface area contributed by atoms with Crippen LogP contribution in [0.3, 0.4) is 0 Å². The predicted molar refractivity (Wildman–Crippen MR) is 84.6 cm³/mol. The first-order valence-electron chi connectivity index (χ1n) is 7.03. The van der Waals surface area contributed by atoms with Gasteiger partial charge in [-0.1, -0.05) is 6.07 Å². The molecule has 0 aliphatic carbocycles. The van der Waals surface area contributed by atoms with Gasteiger partial charge < -0.3 is 10.6 Å². The van der Waals surface area contributed by atoms with Crippen LogP contribution in [0.2, 0.25) is 0 Å². The number of benzene rings is 2. The topological polar surface area (TPSA) is 58.2 Å². The van der Waals surface area contributed by atoms with E-state index in [1.165, 1.54) is 0 Å². The van der Waals surface area contributed by atoms with Crippen LogP contribution in [0.15, 0.2) is 42.5 Å². The van der Waals surface area contributed by atoms with Crippen molar-refractivity contribution in [2.45, 2.75) is 20.0 Å². The van der Waals surface area contributed by atoms with Crippen LogP contribution in [-0.2, 0) is 15.8 Å². The van der Waals surface area contributed by atoms with Gasteiger partial charge >= 0.3 is 18.0 Å². The van der Waals surface area contributed by atoms with Gasteiger partial charge in [0.2, 0.25) is 0 Å². The van der Waals surface area contributed by atoms with E-state index in [9.17, 15) is 22.8 Å². The highest BCUT2D eigenvalue weighted by Gasteiger charge is 2.30. The number of carbonyl (C=O) groups excluding carboxylic acids is 2. The highest BCUT2D eigenvalue weighted by molar-refractivity contribution is 6.43. The molecule has 0 bridgehead atoms. The number of halogens is 3. The smallest absolute Gasteiger partial charge is 0.318 e. The van der Waals surface area contributed by atoms with E-state index in [1.807, 2.05) is 13.8 Å². The van der Waals surface area contributed by atoms with Crippen molar-refractivity contribution in [2.75, 3.05) is 10.6 Å². The van der Waals surface area contributed by atoms with Crippen LogP contribution in [0.25, 0.3) is 0 Å². The quantitative estimate of drug-likeness (QED) is 0.817.